The smallest absolute Gasteiger partial charge is 0.179 e. The summed E-state index contributed by atoms with van der Waals surface area (Å²) >= 11 is 6.47. The highest BCUT2D eigenvalue weighted by molar-refractivity contribution is 6.33. The molecule has 136 valence electrons. The van der Waals surface area contributed by atoms with Crippen LogP contribution in [0.4, 0.5) is 0 Å². The Labute approximate surface area is 152 Å². The molecule has 25 heavy (non-hydrogen) atoms. The van der Waals surface area contributed by atoms with E-state index in [2.05, 4.69) is 15.1 Å². The van der Waals surface area contributed by atoms with Crippen LogP contribution < -0.4 is 9.47 Å². The van der Waals surface area contributed by atoms with E-state index in [1.807, 2.05) is 25.1 Å². The zero-order chi connectivity index (χ0) is 18.0. The van der Waals surface area contributed by atoms with Crippen molar-refractivity contribution in [1.29, 1.82) is 0 Å². The highest BCUT2D eigenvalue weighted by Crippen LogP contribution is 2.38. The summed E-state index contributed by atoms with van der Waals surface area (Å²) in [5.74, 6) is 1.33. The van der Waals surface area contributed by atoms with E-state index in [1.165, 1.54) is 0 Å². The lowest BCUT2D eigenvalue weighted by Crippen LogP contribution is -2.21. The second-order valence-corrected chi connectivity index (χ2v) is 6.92. The van der Waals surface area contributed by atoms with Gasteiger partial charge in [0, 0.05) is 31.2 Å². The summed E-state index contributed by atoms with van der Waals surface area (Å²) in [6.07, 6.45) is 0.401. The second-order valence-electron chi connectivity index (χ2n) is 6.54. The molecule has 0 amide bonds. The monoisotopic (exact) mass is 365 g/mol. The molecule has 1 aromatic heterocycles. The van der Waals surface area contributed by atoms with E-state index in [1.54, 1.807) is 14.2 Å². The number of aliphatic hydroxyl groups is 1. The molecule has 1 aliphatic heterocycles. The first kappa shape index (κ1) is 18.0. The van der Waals surface area contributed by atoms with E-state index < -0.39 is 0 Å². The second kappa shape index (κ2) is 7.64. The fourth-order valence-electron chi connectivity index (χ4n) is 3.41. The Bertz CT molecular complexity index is 734. The van der Waals surface area contributed by atoms with Crippen LogP contribution in [0.1, 0.15) is 17.0 Å². The Hall–Kier alpha value is -1.76. The number of rotatable bonds is 6. The molecular weight excluding hydrogens is 342 g/mol. The Morgan fingerprint density at radius 1 is 1.32 bits per heavy atom. The molecule has 0 spiro atoms. The maximum atomic E-state index is 10.4. The van der Waals surface area contributed by atoms with Gasteiger partial charge in [0.1, 0.15) is 0 Å². The third-order valence-corrected chi connectivity index (χ3v) is 5.09. The Kier molecular flexibility index (Phi) is 5.51. The number of β-amino-alcohol motifs (C(OH)–C–C–N with tert-alkyl or cyclic N) is 1. The number of ether oxygens (including phenoxy) is 2. The Balaban J connectivity index is 1.68. The molecule has 2 atom stereocenters. The normalized spacial score (nSPS) is 20.8. The van der Waals surface area contributed by atoms with Gasteiger partial charge in [-0.3, -0.25) is 10.00 Å². The molecule has 2 heterocycles. The number of aromatic nitrogens is 2. The number of methoxy groups -OCH3 is 2. The van der Waals surface area contributed by atoms with Crippen LogP contribution in [0.3, 0.4) is 0 Å². The molecule has 0 unspecified atom stereocenters. The van der Waals surface area contributed by atoms with Crippen molar-refractivity contribution in [3.63, 3.8) is 0 Å². The van der Waals surface area contributed by atoms with Gasteiger partial charge in [0.05, 0.1) is 31.0 Å². The van der Waals surface area contributed by atoms with E-state index in [0.717, 1.165) is 29.9 Å². The molecule has 1 aromatic carbocycles. The van der Waals surface area contributed by atoms with Crippen molar-refractivity contribution in [1.82, 2.24) is 15.1 Å². The zero-order valence-corrected chi connectivity index (χ0v) is 15.5. The van der Waals surface area contributed by atoms with Gasteiger partial charge in [-0.2, -0.15) is 5.10 Å². The number of aliphatic hydroxyl groups excluding tert-OH is 1. The number of nitrogens with one attached hydrogen (secondary N) is 1. The highest BCUT2D eigenvalue weighted by Gasteiger charge is 2.32. The number of hydrogen-bond donors (Lipinski definition) is 2. The van der Waals surface area contributed by atoms with Gasteiger partial charge in [0.2, 0.25) is 0 Å². The standard InChI is InChI=1S/C18H24ClN3O3/c1-11-6-14(21-20-11)7-13-9-22(10-15(13)23)8-12-4-5-16(24-2)18(25-3)17(12)19/h4-6,13,15,23H,7-10H2,1-3H3,(H,20,21)/t13-,15+/m1/s1. The van der Waals surface area contributed by atoms with Crippen molar-refractivity contribution in [3.05, 3.63) is 40.2 Å². The topological polar surface area (TPSA) is 70.6 Å². The van der Waals surface area contributed by atoms with Gasteiger partial charge in [0.15, 0.2) is 11.5 Å². The van der Waals surface area contributed by atoms with Gasteiger partial charge in [-0.1, -0.05) is 17.7 Å². The van der Waals surface area contributed by atoms with Crippen molar-refractivity contribution >= 4 is 11.6 Å². The first-order chi connectivity index (χ1) is 12.0. The number of nitrogens with zero attached hydrogens (tertiary/aromatic N) is 2. The number of halogens is 1. The first-order valence-electron chi connectivity index (χ1n) is 8.32. The summed E-state index contributed by atoms with van der Waals surface area (Å²) in [6, 6.07) is 5.83. The molecule has 0 bridgehead atoms. The van der Waals surface area contributed by atoms with Crippen LogP contribution in [0, 0.1) is 12.8 Å². The van der Waals surface area contributed by atoms with E-state index in [0.29, 0.717) is 29.6 Å². The summed E-state index contributed by atoms with van der Waals surface area (Å²) < 4.78 is 10.6. The lowest BCUT2D eigenvalue weighted by Gasteiger charge is -2.18. The van der Waals surface area contributed by atoms with Crippen molar-refractivity contribution in [2.45, 2.75) is 26.0 Å². The van der Waals surface area contributed by atoms with E-state index >= 15 is 0 Å². The summed E-state index contributed by atoms with van der Waals surface area (Å²) in [6.45, 7) is 4.07. The number of H-pyrrole nitrogens is 1. The Morgan fingerprint density at radius 3 is 2.76 bits per heavy atom. The van der Waals surface area contributed by atoms with E-state index in [9.17, 15) is 5.11 Å². The van der Waals surface area contributed by atoms with Crippen molar-refractivity contribution < 1.29 is 14.6 Å². The highest BCUT2D eigenvalue weighted by atomic mass is 35.5. The predicted octanol–water partition coefficient (Wildman–Crippen LogP) is 2.42. The van der Waals surface area contributed by atoms with E-state index in [-0.39, 0.29) is 12.0 Å². The van der Waals surface area contributed by atoms with E-state index in [4.69, 9.17) is 21.1 Å². The van der Waals surface area contributed by atoms with Gasteiger partial charge in [0.25, 0.3) is 0 Å². The summed E-state index contributed by atoms with van der Waals surface area (Å²) in [5, 5.41) is 18.2. The van der Waals surface area contributed by atoms with Gasteiger partial charge in [-0.25, -0.2) is 0 Å². The Morgan fingerprint density at radius 2 is 2.12 bits per heavy atom. The molecule has 1 aliphatic rings. The van der Waals surface area contributed by atoms with Crippen LogP contribution >= 0.6 is 11.6 Å². The van der Waals surface area contributed by atoms with Gasteiger partial charge in [-0.15, -0.1) is 0 Å². The lowest BCUT2D eigenvalue weighted by atomic mass is 10.0. The molecule has 0 aliphatic carbocycles. The maximum absolute atomic E-state index is 10.4. The number of likely N-dealkylation sites (tertiary alicyclic amines) is 1. The number of aryl methyl sites for hydroxylation is 1. The van der Waals surface area contributed by atoms with Crippen LogP contribution in [0.15, 0.2) is 18.2 Å². The van der Waals surface area contributed by atoms with Gasteiger partial charge < -0.3 is 14.6 Å². The largest absolute Gasteiger partial charge is 0.493 e. The quantitative estimate of drug-likeness (QED) is 0.822. The first-order valence-corrected chi connectivity index (χ1v) is 8.70. The van der Waals surface area contributed by atoms with Gasteiger partial charge in [-0.05, 0) is 31.0 Å². The minimum absolute atomic E-state index is 0.168. The van der Waals surface area contributed by atoms with Crippen LogP contribution in [0.2, 0.25) is 5.02 Å². The molecule has 0 radical (unpaired) electrons. The number of hydrogen-bond acceptors (Lipinski definition) is 5. The SMILES string of the molecule is COc1ccc(CN2C[C@@H](Cc3cc(C)[nH]n3)[C@@H](O)C2)c(Cl)c1OC. The number of aromatic amines is 1. The molecular formula is C18H24ClN3O3. The number of benzene rings is 1. The zero-order valence-electron chi connectivity index (χ0n) is 14.8. The minimum atomic E-state index is -0.365. The molecule has 1 saturated heterocycles. The third-order valence-electron chi connectivity index (χ3n) is 4.67. The average Bonchev–Trinajstić information content (AvgIpc) is 3.15. The van der Waals surface area contributed by atoms with Crippen molar-refractivity contribution in [3.8, 4) is 11.5 Å². The molecule has 3 rings (SSSR count). The minimum Gasteiger partial charge on any atom is -0.493 e. The summed E-state index contributed by atoms with van der Waals surface area (Å²) in [4.78, 5) is 2.21. The fourth-order valence-corrected chi connectivity index (χ4v) is 3.70. The molecule has 6 nitrogen and oxygen atoms in total. The maximum Gasteiger partial charge on any atom is 0.179 e. The molecule has 0 saturated carbocycles. The lowest BCUT2D eigenvalue weighted by molar-refractivity contribution is 0.140. The van der Waals surface area contributed by atoms with Crippen LogP contribution in [0.5, 0.6) is 11.5 Å². The molecule has 2 N–H and O–H groups in total. The van der Waals surface area contributed by atoms with Crippen LogP contribution in [-0.4, -0.2) is 53.6 Å². The van der Waals surface area contributed by atoms with Gasteiger partial charge >= 0.3 is 0 Å². The molecule has 1 fully saturated rings. The fraction of sp³-hybridized carbons (Fsp3) is 0.500. The molecule has 7 heteroatoms. The average molecular weight is 366 g/mol. The van der Waals surface area contributed by atoms with Crippen LogP contribution in [-0.2, 0) is 13.0 Å². The van der Waals surface area contributed by atoms with Crippen molar-refractivity contribution in [2.75, 3.05) is 27.3 Å². The third kappa shape index (κ3) is 3.92. The summed E-state index contributed by atoms with van der Waals surface area (Å²) in [5.41, 5.74) is 2.99. The van der Waals surface area contributed by atoms with Crippen molar-refractivity contribution in [2.24, 2.45) is 5.92 Å². The molecule has 2 aromatic rings. The summed E-state index contributed by atoms with van der Waals surface area (Å²) in [7, 11) is 3.17. The van der Waals surface area contributed by atoms with Crippen LogP contribution in [0.25, 0.3) is 0 Å². The predicted molar refractivity (Wildman–Crippen MR) is 96.4 cm³/mol.